The molecule has 2 aliphatic rings. The van der Waals surface area contributed by atoms with E-state index in [4.69, 9.17) is 4.52 Å². The van der Waals surface area contributed by atoms with E-state index < -0.39 is 34.9 Å². The Labute approximate surface area is 220 Å². The molecule has 3 rings (SSSR count). The quantitative estimate of drug-likeness (QED) is 0.398. The Hall–Kier alpha value is -2.36. The first-order valence-electron chi connectivity index (χ1n) is 12.3. The van der Waals surface area contributed by atoms with Gasteiger partial charge in [-0.1, -0.05) is 48.5 Å². The Balaban J connectivity index is 2.11. The molecule has 1 unspecified atom stereocenters. The van der Waals surface area contributed by atoms with Gasteiger partial charge in [0.15, 0.2) is 5.84 Å². The van der Waals surface area contributed by atoms with Crippen molar-refractivity contribution in [1.29, 1.82) is 0 Å². The zero-order valence-electron chi connectivity index (χ0n) is 22.9. The highest BCUT2D eigenvalue weighted by molar-refractivity contribution is 7.92. The number of rotatable bonds is 8. The van der Waals surface area contributed by atoms with Gasteiger partial charge in [-0.05, 0) is 41.9 Å². The van der Waals surface area contributed by atoms with Crippen molar-refractivity contribution >= 4 is 46.0 Å². The summed E-state index contributed by atoms with van der Waals surface area (Å²) in [4.78, 5) is 15.4. The summed E-state index contributed by atoms with van der Waals surface area (Å²) >= 11 is 0. The minimum atomic E-state index is -3.92. The van der Waals surface area contributed by atoms with E-state index in [1.54, 1.807) is 11.0 Å². The molecule has 2 heterocycles. The number of hydrogen-bond acceptors (Lipinski definition) is 7. The van der Waals surface area contributed by atoms with E-state index in [9.17, 15) is 22.9 Å². The number of hydrogen-bond donors (Lipinski definition) is 3. The van der Waals surface area contributed by atoms with Crippen molar-refractivity contribution in [3.63, 3.8) is 0 Å². The molecule has 206 valence electrons. The number of anilines is 2. The molecule has 0 fully saturated rings. The number of amidine groups is 1. The first kappa shape index (κ1) is 29.2. The Morgan fingerprint density at radius 3 is 2.41 bits per heavy atom. The minimum absolute atomic E-state index is 0.0224. The van der Waals surface area contributed by atoms with E-state index in [1.165, 1.54) is 12.1 Å². The molecule has 1 amide bonds. The molecule has 3 N–H and O–H groups in total. The molecule has 1 aromatic carbocycles. The summed E-state index contributed by atoms with van der Waals surface area (Å²) in [5.41, 5.74) is 0.0424. The van der Waals surface area contributed by atoms with Crippen LogP contribution in [0.15, 0.2) is 34.3 Å². The molecule has 0 radical (unpaired) electrons. The summed E-state index contributed by atoms with van der Waals surface area (Å²) in [6, 6.07) is 3.90. The second-order valence-electron chi connectivity index (χ2n) is 11.9. The molecular weight excluding hydrogens is 515 g/mol. The van der Waals surface area contributed by atoms with Gasteiger partial charge in [0.05, 0.1) is 29.9 Å². The van der Waals surface area contributed by atoms with Gasteiger partial charge in [0.1, 0.15) is 11.3 Å². The molecule has 37 heavy (non-hydrogen) atoms. The van der Waals surface area contributed by atoms with Gasteiger partial charge >= 0.3 is 7.52 Å². The van der Waals surface area contributed by atoms with Crippen LogP contribution in [-0.2, 0) is 23.9 Å². The van der Waals surface area contributed by atoms with Gasteiger partial charge in [0.2, 0.25) is 10.0 Å². The van der Waals surface area contributed by atoms with Crippen molar-refractivity contribution in [1.82, 2.24) is 4.90 Å². The molecule has 0 aromatic heterocycles. The van der Waals surface area contributed by atoms with Gasteiger partial charge in [0.25, 0.3) is 5.91 Å². The lowest BCUT2D eigenvalue weighted by Crippen LogP contribution is -2.45. The van der Waals surface area contributed by atoms with Gasteiger partial charge in [-0.2, -0.15) is 4.76 Å². The highest BCUT2D eigenvalue weighted by Gasteiger charge is 2.48. The fraction of sp³-hybridized carbons (Fsp3) is 0.600. The lowest BCUT2D eigenvalue weighted by atomic mass is 9.84. The van der Waals surface area contributed by atoms with Crippen LogP contribution in [0.5, 0.6) is 0 Å². The van der Waals surface area contributed by atoms with E-state index in [1.807, 2.05) is 27.7 Å². The van der Waals surface area contributed by atoms with E-state index in [0.29, 0.717) is 18.7 Å². The first-order valence-corrected chi connectivity index (χ1v) is 15.8. The predicted molar refractivity (Wildman–Crippen MR) is 148 cm³/mol. The van der Waals surface area contributed by atoms with E-state index in [-0.39, 0.29) is 40.2 Å². The molecule has 0 saturated carbocycles. The van der Waals surface area contributed by atoms with Crippen molar-refractivity contribution in [2.24, 2.45) is 15.6 Å². The van der Waals surface area contributed by atoms with Crippen molar-refractivity contribution < 1.29 is 27.4 Å². The number of benzene rings is 1. The van der Waals surface area contributed by atoms with Crippen LogP contribution in [0.2, 0.25) is 0 Å². The Kier molecular flexibility index (Phi) is 7.95. The third-order valence-electron chi connectivity index (χ3n) is 6.02. The number of nitrogens with zero attached hydrogens (tertiary/aromatic N) is 2. The molecule has 2 atom stereocenters. The van der Waals surface area contributed by atoms with Crippen molar-refractivity contribution in [3.05, 3.63) is 29.5 Å². The summed E-state index contributed by atoms with van der Waals surface area (Å²) in [7, 11) is -7.49. The molecule has 0 aliphatic carbocycles. The number of sulfonamides is 1. The maximum atomic E-state index is 14.1. The summed E-state index contributed by atoms with van der Waals surface area (Å²) in [6.45, 7) is 14.5. The lowest BCUT2D eigenvalue weighted by Gasteiger charge is -2.36. The van der Waals surface area contributed by atoms with Crippen LogP contribution in [0.25, 0.3) is 0 Å². The smallest absolute Gasteiger partial charge is 0.348 e. The van der Waals surface area contributed by atoms with Crippen LogP contribution in [-0.4, -0.2) is 55.6 Å². The number of aliphatic hydroxyl groups is 1. The number of fused-ring (bicyclic) bond motifs is 1. The average molecular weight is 555 g/mol. The minimum Gasteiger partial charge on any atom is -0.509 e. The zero-order chi connectivity index (χ0) is 28.0. The second-order valence-corrected chi connectivity index (χ2v) is 15.6. The molecule has 10 nitrogen and oxygen atoms in total. The fourth-order valence-electron chi connectivity index (χ4n) is 4.35. The van der Waals surface area contributed by atoms with Crippen molar-refractivity contribution in [3.8, 4) is 0 Å². The third-order valence-corrected chi connectivity index (χ3v) is 8.60. The normalized spacial score (nSPS) is 22.6. The molecule has 2 aliphatic heterocycles. The summed E-state index contributed by atoms with van der Waals surface area (Å²) in [5, 5.41) is 14.6. The maximum Gasteiger partial charge on any atom is 0.348 e. The number of aliphatic hydroxyl groups excluding tert-OH is 1. The lowest BCUT2D eigenvalue weighted by molar-refractivity contribution is -0.128. The van der Waals surface area contributed by atoms with Crippen LogP contribution >= 0.6 is 7.52 Å². The van der Waals surface area contributed by atoms with Crippen LogP contribution in [0.3, 0.4) is 0 Å². The largest absolute Gasteiger partial charge is 0.509 e. The Morgan fingerprint density at radius 2 is 1.86 bits per heavy atom. The van der Waals surface area contributed by atoms with Crippen molar-refractivity contribution in [2.75, 3.05) is 29.4 Å². The van der Waals surface area contributed by atoms with Gasteiger partial charge in [0, 0.05) is 12.2 Å². The molecule has 0 bridgehead atoms. The standard InChI is InChI=1S/C25H39N4O6PS/c1-9-14-35-36(32)18-15-16(28-37(8,33)34)10-11-17(18)26-22(27-36)19-20(30)21(25(5,6)7)29(23(19)31)13-12-24(2,3)4/h10-11,15,21,28,30H,9,12-14H2,1-8H3,(H,26,27,32)/t21-,36?/m1/s1. The molecular formula is C25H39N4O6PS. The van der Waals surface area contributed by atoms with Crippen LogP contribution in [0, 0.1) is 10.8 Å². The Bertz CT molecular complexity index is 1290. The van der Waals surface area contributed by atoms with Crippen LogP contribution in [0.1, 0.15) is 61.3 Å². The highest BCUT2D eigenvalue weighted by atomic mass is 32.2. The van der Waals surface area contributed by atoms with Gasteiger partial charge in [-0.15, -0.1) is 0 Å². The van der Waals surface area contributed by atoms with Crippen LogP contribution in [0.4, 0.5) is 11.4 Å². The predicted octanol–water partition coefficient (Wildman–Crippen LogP) is 4.63. The topological polar surface area (TPSA) is 137 Å². The monoisotopic (exact) mass is 554 g/mol. The number of carbonyl (C=O) groups excluding carboxylic acids is 1. The molecule has 1 aromatic rings. The fourth-order valence-corrected chi connectivity index (χ4v) is 6.79. The van der Waals surface area contributed by atoms with Gasteiger partial charge in [-0.25, -0.2) is 8.42 Å². The van der Waals surface area contributed by atoms with Gasteiger partial charge < -0.3 is 19.8 Å². The van der Waals surface area contributed by atoms with Crippen LogP contribution < -0.4 is 15.3 Å². The van der Waals surface area contributed by atoms with E-state index in [2.05, 4.69) is 35.6 Å². The Morgan fingerprint density at radius 1 is 1.22 bits per heavy atom. The summed E-state index contributed by atoms with van der Waals surface area (Å²) < 4.78 is 50.0. The number of amides is 1. The van der Waals surface area contributed by atoms with Crippen molar-refractivity contribution in [2.45, 2.75) is 67.3 Å². The van der Waals surface area contributed by atoms with Gasteiger partial charge in [-0.3, -0.25) is 14.1 Å². The molecule has 0 saturated heterocycles. The number of nitrogens with one attached hydrogen (secondary N) is 2. The number of carbonyl (C=O) groups is 1. The zero-order valence-corrected chi connectivity index (χ0v) is 24.6. The summed E-state index contributed by atoms with van der Waals surface area (Å²) in [6.07, 6.45) is 2.31. The highest BCUT2D eigenvalue weighted by Crippen LogP contribution is 2.53. The third kappa shape index (κ3) is 6.56. The van der Waals surface area contributed by atoms with E-state index in [0.717, 1.165) is 12.7 Å². The summed E-state index contributed by atoms with van der Waals surface area (Å²) in [5.74, 6) is -0.543. The first-order chi connectivity index (χ1) is 16.9. The van der Waals surface area contributed by atoms with E-state index >= 15 is 0 Å². The average Bonchev–Trinajstić information content (AvgIpc) is 2.99. The SMILES string of the molecule is CCCOP1(=O)N=C(C2=C(O)[C@H](C(C)(C)C)N(CCC(C)(C)C)C2=O)Nc2ccc(NS(C)(=O)=O)cc21. The molecule has 12 heteroatoms. The molecule has 0 spiro atoms. The maximum absolute atomic E-state index is 14.1. The second kappa shape index (κ2) is 10.1.